The molecule has 3 nitrogen and oxygen atoms in total. The second-order valence-electron chi connectivity index (χ2n) is 4.44. The Balaban J connectivity index is 1.94. The molecule has 0 saturated heterocycles. The Hall–Kier alpha value is -1.84. The van der Waals surface area contributed by atoms with Gasteiger partial charge >= 0.3 is 5.97 Å². The van der Waals surface area contributed by atoms with Crippen molar-refractivity contribution in [1.29, 1.82) is 0 Å². The largest absolute Gasteiger partial charge is 0.457 e. The van der Waals surface area contributed by atoms with Crippen LogP contribution >= 0.6 is 11.6 Å². The first-order valence-corrected chi connectivity index (χ1v) is 6.77. The van der Waals surface area contributed by atoms with E-state index < -0.39 is 0 Å². The van der Waals surface area contributed by atoms with Gasteiger partial charge in [0, 0.05) is 5.02 Å². The normalized spacial score (nSPS) is 10.3. The number of carbonyl (C=O) groups excluding carboxylic acids is 1. The fraction of sp³-hybridized carbons (Fsp3) is 0.188. The predicted molar refractivity (Wildman–Crippen MR) is 79.8 cm³/mol. The number of nitrogens with two attached hydrogens (primary N) is 1. The van der Waals surface area contributed by atoms with Crippen molar-refractivity contribution in [3.63, 3.8) is 0 Å². The maximum absolute atomic E-state index is 11.9. The van der Waals surface area contributed by atoms with Crippen LogP contribution in [0.3, 0.4) is 0 Å². The minimum Gasteiger partial charge on any atom is -0.457 e. The second kappa shape index (κ2) is 7.08. The molecule has 0 atom stereocenters. The zero-order valence-electron chi connectivity index (χ0n) is 11.0. The van der Waals surface area contributed by atoms with Crippen molar-refractivity contribution in [3.05, 3.63) is 70.2 Å². The molecule has 2 rings (SSSR count). The van der Waals surface area contributed by atoms with Crippen LogP contribution in [-0.4, -0.2) is 12.5 Å². The van der Waals surface area contributed by atoms with Gasteiger partial charge in [-0.05, 0) is 48.4 Å². The Morgan fingerprint density at radius 2 is 1.85 bits per heavy atom. The van der Waals surface area contributed by atoms with Gasteiger partial charge in [0.15, 0.2) is 0 Å². The molecule has 2 aromatic rings. The molecular weight excluding hydrogens is 274 g/mol. The van der Waals surface area contributed by atoms with E-state index in [0.29, 0.717) is 17.1 Å². The van der Waals surface area contributed by atoms with Crippen LogP contribution in [0.4, 0.5) is 0 Å². The first-order valence-electron chi connectivity index (χ1n) is 6.39. The topological polar surface area (TPSA) is 52.3 Å². The standard InChI is InChI=1S/C16H16ClNO2/c17-15-3-1-2-13(10-15)11-20-16(19)14-6-4-12(5-7-14)8-9-18/h1-7,10H,8-9,11,18H2. The van der Waals surface area contributed by atoms with Crippen LogP contribution in [0.2, 0.25) is 5.02 Å². The Kier molecular flexibility index (Phi) is 5.16. The van der Waals surface area contributed by atoms with Gasteiger partial charge in [0.1, 0.15) is 6.61 Å². The van der Waals surface area contributed by atoms with Gasteiger partial charge in [-0.1, -0.05) is 35.9 Å². The van der Waals surface area contributed by atoms with Gasteiger partial charge in [-0.2, -0.15) is 0 Å². The van der Waals surface area contributed by atoms with Gasteiger partial charge in [0.2, 0.25) is 0 Å². The number of esters is 1. The molecule has 0 aliphatic heterocycles. The van der Waals surface area contributed by atoms with Crippen LogP contribution in [0.5, 0.6) is 0 Å². The van der Waals surface area contributed by atoms with Crippen molar-refractivity contribution in [1.82, 2.24) is 0 Å². The summed E-state index contributed by atoms with van der Waals surface area (Å²) in [5.41, 5.74) is 7.99. The number of ether oxygens (including phenoxy) is 1. The van der Waals surface area contributed by atoms with Crippen LogP contribution < -0.4 is 5.73 Å². The van der Waals surface area contributed by atoms with E-state index in [1.807, 2.05) is 24.3 Å². The Morgan fingerprint density at radius 1 is 1.10 bits per heavy atom. The average molecular weight is 290 g/mol. The fourth-order valence-corrected chi connectivity index (χ4v) is 2.05. The van der Waals surface area contributed by atoms with Crippen LogP contribution in [0, 0.1) is 0 Å². The monoisotopic (exact) mass is 289 g/mol. The third kappa shape index (κ3) is 4.08. The molecule has 0 spiro atoms. The van der Waals surface area contributed by atoms with Gasteiger partial charge in [0.25, 0.3) is 0 Å². The van der Waals surface area contributed by atoms with E-state index in [1.54, 1.807) is 24.3 Å². The van der Waals surface area contributed by atoms with Crippen LogP contribution in [-0.2, 0) is 17.8 Å². The number of benzene rings is 2. The quantitative estimate of drug-likeness (QED) is 0.860. The predicted octanol–water partition coefficient (Wildman–Crippen LogP) is 3.20. The molecule has 0 fully saturated rings. The van der Waals surface area contributed by atoms with E-state index in [9.17, 15) is 4.79 Å². The molecule has 0 saturated carbocycles. The highest BCUT2D eigenvalue weighted by Crippen LogP contribution is 2.13. The van der Waals surface area contributed by atoms with Crippen molar-refractivity contribution in [2.75, 3.05) is 6.54 Å². The van der Waals surface area contributed by atoms with Crippen molar-refractivity contribution in [2.24, 2.45) is 5.73 Å². The summed E-state index contributed by atoms with van der Waals surface area (Å²) in [5.74, 6) is -0.343. The van der Waals surface area contributed by atoms with Gasteiger partial charge in [-0.25, -0.2) is 4.79 Å². The molecule has 2 N–H and O–H groups in total. The minimum absolute atomic E-state index is 0.212. The maximum Gasteiger partial charge on any atom is 0.338 e. The number of hydrogen-bond acceptors (Lipinski definition) is 3. The molecule has 0 amide bonds. The highest BCUT2D eigenvalue weighted by molar-refractivity contribution is 6.30. The Labute approximate surface area is 123 Å². The number of carbonyl (C=O) groups is 1. The van der Waals surface area contributed by atoms with Crippen LogP contribution in [0.25, 0.3) is 0 Å². The zero-order chi connectivity index (χ0) is 14.4. The first-order chi connectivity index (χ1) is 9.69. The molecule has 104 valence electrons. The summed E-state index contributed by atoms with van der Waals surface area (Å²) in [6.45, 7) is 0.808. The van der Waals surface area contributed by atoms with E-state index in [4.69, 9.17) is 22.1 Å². The molecule has 4 heteroatoms. The van der Waals surface area contributed by atoms with Gasteiger partial charge < -0.3 is 10.5 Å². The summed E-state index contributed by atoms with van der Waals surface area (Å²) in [7, 11) is 0. The van der Waals surface area contributed by atoms with Crippen molar-refractivity contribution in [3.8, 4) is 0 Å². The van der Waals surface area contributed by atoms with Gasteiger partial charge in [0.05, 0.1) is 5.56 Å². The molecule has 0 bridgehead atoms. The third-order valence-corrected chi connectivity index (χ3v) is 3.12. The second-order valence-corrected chi connectivity index (χ2v) is 4.88. The summed E-state index contributed by atoms with van der Waals surface area (Å²) in [5, 5.41) is 0.629. The van der Waals surface area contributed by atoms with Crippen molar-refractivity contribution in [2.45, 2.75) is 13.0 Å². The van der Waals surface area contributed by atoms with Crippen LogP contribution in [0.15, 0.2) is 48.5 Å². The summed E-state index contributed by atoms with van der Waals surface area (Å²) in [6, 6.07) is 14.5. The lowest BCUT2D eigenvalue weighted by Gasteiger charge is -2.06. The highest BCUT2D eigenvalue weighted by Gasteiger charge is 2.07. The van der Waals surface area contributed by atoms with E-state index >= 15 is 0 Å². The average Bonchev–Trinajstić information content (AvgIpc) is 2.46. The molecule has 0 aliphatic rings. The Bertz CT molecular complexity index is 581. The summed E-state index contributed by atoms with van der Waals surface area (Å²) < 4.78 is 5.25. The lowest BCUT2D eigenvalue weighted by molar-refractivity contribution is 0.0472. The fourth-order valence-electron chi connectivity index (χ4n) is 1.83. The third-order valence-electron chi connectivity index (χ3n) is 2.88. The lowest BCUT2D eigenvalue weighted by Crippen LogP contribution is -2.06. The molecule has 0 unspecified atom stereocenters. The van der Waals surface area contributed by atoms with Gasteiger partial charge in [-0.3, -0.25) is 0 Å². The van der Waals surface area contributed by atoms with Gasteiger partial charge in [-0.15, -0.1) is 0 Å². The number of halogens is 1. The summed E-state index contributed by atoms with van der Waals surface area (Å²) >= 11 is 5.87. The SMILES string of the molecule is NCCc1ccc(C(=O)OCc2cccc(Cl)c2)cc1. The molecular formula is C16H16ClNO2. The van der Waals surface area contributed by atoms with E-state index in [1.165, 1.54) is 0 Å². The Morgan fingerprint density at radius 3 is 2.50 bits per heavy atom. The first kappa shape index (κ1) is 14.6. The van der Waals surface area contributed by atoms with Crippen LogP contribution in [0.1, 0.15) is 21.5 Å². The van der Waals surface area contributed by atoms with E-state index in [0.717, 1.165) is 17.5 Å². The summed E-state index contributed by atoms with van der Waals surface area (Å²) in [6.07, 6.45) is 0.803. The lowest BCUT2D eigenvalue weighted by atomic mass is 10.1. The van der Waals surface area contributed by atoms with E-state index in [2.05, 4.69) is 0 Å². The highest BCUT2D eigenvalue weighted by atomic mass is 35.5. The summed E-state index contributed by atoms with van der Waals surface area (Å²) in [4.78, 5) is 11.9. The number of rotatable bonds is 5. The zero-order valence-corrected chi connectivity index (χ0v) is 11.8. The molecule has 0 radical (unpaired) electrons. The molecule has 2 aromatic carbocycles. The molecule has 20 heavy (non-hydrogen) atoms. The molecule has 0 heterocycles. The van der Waals surface area contributed by atoms with Crippen molar-refractivity contribution >= 4 is 17.6 Å². The van der Waals surface area contributed by atoms with E-state index in [-0.39, 0.29) is 12.6 Å². The smallest absolute Gasteiger partial charge is 0.338 e. The molecule has 0 aromatic heterocycles. The molecule has 0 aliphatic carbocycles. The van der Waals surface area contributed by atoms with Crippen molar-refractivity contribution < 1.29 is 9.53 Å². The maximum atomic E-state index is 11.9. The number of hydrogen-bond donors (Lipinski definition) is 1. The minimum atomic E-state index is -0.343.